The van der Waals surface area contributed by atoms with Crippen molar-refractivity contribution >= 4 is 17.6 Å². The summed E-state index contributed by atoms with van der Waals surface area (Å²) in [6.45, 7) is 0. The number of esters is 1. The Morgan fingerprint density at radius 1 is 1.29 bits per heavy atom. The first-order valence-corrected chi connectivity index (χ1v) is 7.30. The van der Waals surface area contributed by atoms with Crippen LogP contribution in [-0.4, -0.2) is 24.6 Å². The quantitative estimate of drug-likeness (QED) is 0.868. The second-order valence-corrected chi connectivity index (χ2v) is 5.72. The van der Waals surface area contributed by atoms with Gasteiger partial charge in [-0.2, -0.15) is 0 Å². The summed E-state index contributed by atoms with van der Waals surface area (Å²) >= 11 is 0. The van der Waals surface area contributed by atoms with E-state index in [9.17, 15) is 9.59 Å². The van der Waals surface area contributed by atoms with Crippen molar-refractivity contribution in [1.29, 1.82) is 0 Å². The standard InChI is InChI=1S/C16H19NO4/c1-20-12-6-4-11(5-7-12)17-15(19)13-10-14(18)21-16(13)8-2-3-9-16/h4-7,13H,2-3,8-10H2,1H3,(H,17,19)/t13-/m0/s1. The van der Waals surface area contributed by atoms with Gasteiger partial charge in [0.2, 0.25) is 5.91 Å². The number of nitrogens with one attached hydrogen (secondary N) is 1. The van der Waals surface area contributed by atoms with Crippen molar-refractivity contribution in [2.75, 3.05) is 12.4 Å². The highest BCUT2D eigenvalue weighted by Gasteiger charge is 2.53. The van der Waals surface area contributed by atoms with Crippen LogP contribution in [0.4, 0.5) is 5.69 Å². The van der Waals surface area contributed by atoms with E-state index in [0.717, 1.165) is 31.4 Å². The minimum absolute atomic E-state index is 0.132. The van der Waals surface area contributed by atoms with Crippen molar-refractivity contribution in [3.8, 4) is 5.75 Å². The Morgan fingerprint density at radius 2 is 1.95 bits per heavy atom. The Kier molecular flexibility index (Phi) is 3.57. The second-order valence-electron chi connectivity index (χ2n) is 5.72. The lowest BCUT2D eigenvalue weighted by molar-refractivity contribution is -0.149. The van der Waals surface area contributed by atoms with Crippen molar-refractivity contribution in [2.24, 2.45) is 5.92 Å². The van der Waals surface area contributed by atoms with Crippen LogP contribution in [0.1, 0.15) is 32.1 Å². The number of hydrogen-bond acceptors (Lipinski definition) is 4. The smallest absolute Gasteiger partial charge is 0.307 e. The molecule has 2 fully saturated rings. The number of methoxy groups -OCH3 is 1. The molecule has 112 valence electrons. The maximum absolute atomic E-state index is 12.5. The van der Waals surface area contributed by atoms with Crippen LogP contribution in [0, 0.1) is 5.92 Å². The van der Waals surface area contributed by atoms with E-state index in [1.807, 2.05) is 0 Å². The molecule has 1 spiro atoms. The van der Waals surface area contributed by atoms with Gasteiger partial charge in [-0.3, -0.25) is 9.59 Å². The molecular weight excluding hydrogens is 270 g/mol. The average Bonchev–Trinajstić information content (AvgIpc) is 3.07. The number of benzene rings is 1. The lowest BCUT2D eigenvalue weighted by Gasteiger charge is -2.27. The Morgan fingerprint density at radius 3 is 2.57 bits per heavy atom. The summed E-state index contributed by atoms with van der Waals surface area (Å²) in [5, 5.41) is 2.88. The molecule has 5 heteroatoms. The van der Waals surface area contributed by atoms with Gasteiger partial charge in [-0.15, -0.1) is 0 Å². The molecule has 1 atom stereocenters. The second kappa shape index (κ2) is 5.39. The average molecular weight is 289 g/mol. The van der Waals surface area contributed by atoms with Gasteiger partial charge in [0.15, 0.2) is 0 Å². The molecule has 3 rings (SSSR count). The highest BCUT2D eigenvalue weighted by Crippen LogP contribution is 2.45. The molecule has 1 heterocycles. The third-order valence-corrected chi connectivity index (χ3v) is 4.45. The molecule has 0 bridgehead atoms. The van der Waals surface area contributed by atoms with Crippen LogP contribution < -0.4 is 10.1 Å². The van der Waals surface area contributed by atoms with Crippen molar-refractivity contribution in [3.05, 3.63) is 24.3 Å². The highest BCUT2D eigenvalue weighted by atomic mass is 16.6. The summed E-state index contributed by atoms with van der Waals surface area (Å²) in [6.07, 6.45) is 3.79. The number of rotatable bonds is 3. The molecule has 1 aromatic rings. The Hall–Kier alpha value is -2.04. The Labute approximate surface area is 123 Å². The monoisotopic (exact) mass is 289 g/mol. The predicted octanol–water partition coefficient (Wildman–Crippen LogP) is 2.51. The zero-order chi connectivity index (χ0) is 14.9. The summed E-state index contributed by atoms with van der Waals surface area (Å²) in [5.41, 5.74) is 0.140. The minimum atomic E-state index is -0.562. The molecule has 0 unspecified atom stereocenters. The number of carbonyl (C=O) groups is 2. The summed E-state index contributed by atoms with van der Waals surface area (Å²) in [6, 6.07) is 7.15. The van der Waals surface area contributed by atoms with Gasteiger partial charge < -0.3 is 14.8 Å². The number of anilines is 1. The van der Waals surface area contributed by atoms with E-state index in [1.54, 1.807) is 31.4 Å². The molecule has 1 amide bonds. The molecule has 5 nitrogen and oxygen atoms in total. The van der Waals surface area contributed by atoms with Crippen LogP contribution >= 0.6 is 0 Å². The maximum Gasteiger partial charge on any atom is 0.307 e. The summed E-state index contributed by atoms with van der Waals surface area (Å²) in [5.74, 6) is -0.0334. The topological polar surface area (TPSA) is 64.6 Å². The number of carbonyl (C=O) groups excluding carboxylic acids is 2. The van der Waals surface area contributed by atoms with E-state index >= 15 is 0 Å². The summed E-state index contributed by atoms with van der Waals surface area (Å²) in [7, 11) is 1.60. The molecule has 0 radical (unpaired) electrons. The minimum Gasteiger partial charge on any atom is -0.497 e. The molecule has 1 saturated carbocycles. The van der Waals surface area contributed by atoms with E-state index in [0.29, 0.717) is 5.69 Å². The van der Waals surface area contributed by atoms with Gasteiger partial charge >= 0.3 is 5.97 Å². The van der Waals surface area contributed by atoms with Crippen LogP contribution in [0.3, 0.4) is 0 Å². The third-order valence-electron chi connectivity index (χ3n) is 4.45. The zero-order valence-corrected chi connectivity index (χ0v) is 12.1. The first kappa shape index (κ1) is 13.9. The van der Waals surface area contributed by atoms with E-state index in [1.165, 1.54) is 0 Å². The highest BCUT2D eigenvalue weighted by molar-refractivity contribution is 5.97. The fraction of sp³-hybridized carbons (Fsp3) is 0.500. The lowest BCUT2D eigenvalue weighted by atomic mass is 9.85. The van der Waals surface area contributed by atoms with Crippen molar-refractivity contribution in [2.45, 2.75) is 37.7 Å². The molecule has 1 saturated heterocycles. The zero-order valence-electron chi connectivity index (χ0n) is 12.1. The van der Waals surface area contributed by atoms with Gasteiger partial charge in [0.25, 0.3) is 0 Å². The van der Waals surface area contributed by atoms with Gasteiger partial charge in [0.1, 0.15) is 11.4 Å². The molecule has 1 aromatic carbocycles. The van der Waals surface area contributed by atoms with E-state index in [-0.39, 0.29) is 24.2 Å². The van der Waals surface area contributed by atoms with Gasteiger partial charge in [-0.1, -0.05) is 0 Å². The van der Waals surface area contributed by atoms with Crippen LogP contribution in [0.2, 0.25) is 0 Å². The Balaban J connectivity index is 1.73. The molecular formula is C16H19NO4. The first-order chi connectivity index (χ1) is 10.1. The number of ether oxygens (including phenoxy) is 2. The van der Waals surface area contributed by atoms with Gasteiger partial charge in [0, 0.05) is 5.69 Å². The number of amides is 1. The molecule has 21 heavy (non-hydrogen) atoms. The normalized spacial score (nSPS) is 23.1. The largest absolute Gasteiger partial charge is 0.497 e. The summed E-state index contributed by atoms with van der Waals surface area (Å²) in [4.78, 5) is 24.1. The molecule has 2 aliphatic rings. The fourth-order valence-electron chi connectivity index (χ4n) is 3.35. The van der Waals surface area contributed by atoms with Crippen molar-refractivity contribution in [3.63, 3.8) is 0 Å². The van der Waals surface area contributed by atoms with E-state index in [4.69, 9.17) is 9.47 Å². The number of hydrogen-bond donors (Lipinski definition) is 1. The van der Waals surface area contributed by atoms with Crippen LogP contribution in [0.15, 0.2) is 24.3 Å². The maximum atomic E-state index is 12.5. The molecule has 1 aliphatic heterocycles. The van der Waals surface area contributed by atoms with E-state index < -0.39 is 5.60 Å². The van der Waals surface area contributed by atoms with Crippen molar-refractivity contribution < 1.29 is 19.1 Å². The van der Waals surface area contributed by atoms with E-state index in [2.05, 4.69) is 5.32 Å². The SMILES string of the molecule is COc1ccc(NC(=O)[C@@H]2CC(=O)OC23CCCC3)cc1. The molecule has 0 aromatic heterocycles. The summed E-state index contributed by atoms with van der Waals surface area (Å²) < 4.78 is 10.6. The van der Waals surface area contributed by atoms with Crippen LogP contribution in [0.25, 0.3) is 0 Å². The fourth-order valence-corrected chi connectivity index (χ4v) is 3.35. The van der Waals surface area contributed by atoms with Gasteiger partial charge in [-0.25, -0.2) is 0 Å². The predicted molar refractivity (Wildman–Crippen MR) is 77.0 cm³/mol. The van der Waals surface area contributed by atoms with Gasteiger partial charge in [-0.05, 0) is 49.9 Å². The third kappa shape index (κ3) is 2.60. The first-order valence-electron chi connectivity index (χ1n) is 7.30. The van der Waals surface area contributed by atoms with Crippen LogP contribution in [-0.2, 0) is 14.3 Å². The molecule has 1 N–H and O–H groups in total. The Bertz CT molecular complexity index is 546. The molecule has 1 aliphatic carbocycles. The van der Waals surface area contributed by atoms with Crippen LogP contribution in [0.5, 0.6) is 5.75 Å². The van der Waals surface area contributed by atoms with Crippen molar-refractivity contribution in [1.82, 2.24) is 0 Å². The lowest BCUT2D eigenvalue weighted by Crippen LogP contribution is -2.39. The van der Waals surface area contributed by atoms with Gasteiger partial charge in [0.05, 0.1) is 19.4 Å².